The van der Waals surface area contributed by atoms with E-state index in [9.17, 15) is 0 Å². The highest BCUT2D eigenvalue weighted by Crippen LogP contribution is 2.39. The van der Waals surface area contributed by atoms with E-state index >= 15 is 0 Å². The molecule has 2 rings (SSSR count). The van der Waals surface area contributed by atoms with Crippen molar-refractivity contribution in [3.05, 3.63) is 41.5 Å². The van der Waals surface area contributed by atoms with Gasteiger partial charge in [0.15, 0.2) is 29.0 Å². The molecule has 0 aliphatic heterocycles. The monoisotopic (exact) mass is 417 g/mol. The Labute approximate surface area is 178 Å². The summed E-state index contributed by atoms with van der Waals surface area (Å²) in [7, 11) is 9.79. The molecule has 2 aromatic rings. The lowest BCUT2D eigenvalue weighted by molar-refractivity contribution is 0.322. The highest BCUT2D eigenvalue weighted by Gasteiger charge is 2.16. The fraction of sp³-hybridized carbons (Fsp3) is 0.409. The second kappa shape index (κ2) is 11.6. The maximum atomic E-state index is 5.53. The van der Waals surface area contributed by atoms with Crippen LogP contribution in [0.5, 0.6) is 28.7 Å². The molecule has 8 heteroatoms. The van der Waals surface area contributed by atoms with Gasteiger partial charge in [-0.25, -0.2) is 0 Å². The third kappa shape index (κ3) is 5.62. The van der Waals surface area contributed by atoms with Crippen LogP contribution < -0.4 is 34.3 Å². The molecular weight excluding hydrogens is 386 g/mol. The molecule has 0 unspecified atom stereocenters. The highest BCUT2D eigenvalue weighted by molar-refractivity contribution is 5.79. The first-order chi connectivity index (χ1) is 14.6. The molecule has 0 aliphatic carbocycles. The Hall–Kier alpha value is -3.29. The SMILES string of the molecule is CN=C(NCCc1ccc(OC)c(OC)c1)NCc1ccc(OC)c(OC)c1OC. The molecule has 0 fully saturated rings. The Morgan fingerprint density at radius 1 is 0.767 bits per heavy atom. The zero-order chi connectivity index (χ0) is 21.9. The minimum absolute atomic E-state index is 0.513. The van der Waals surface area contributed by atoms with E-state index in [4.69, 9.17) is 23.7 Å². The second-order valence-corrected chi connectivity index (χ2v) is 6.29. The predicted molar refractivity (Wildman–Crippen MR) is 118 cm³/mol. The first-order valence-corrected chi connectivity index (χ1v) is 9.55. The van der Waals surface area contributed by atoms with Crippen LogP contribution >= 0.6 is 0 Å². The Bertz CT molecular complexity index is 855. The molecule has 0 aromatic heterocycles. The van der Waals surface area contributed by atoms with Gasteiger partial charge in [0, 0.05) is 25.7 Å². The van der Waals surface area contributed by atoms with Crippen molar-refractivity contribution in [1.29, 1.82) is 0 Å². The van der Waals surface area contributed by atoms with E-state index in [2.05, 4.69) is 15.6 Å². The first kappa shape index (κ1) is 23.0. The normalized spacial score (nSPS) is 10.9. The average Bonchev–Trinajstić information content (AvgIpc) is 2.80. The molecule has 2 N–H and O–H groups in total. The van der Waals surface area contributed by atoms with E-state index in [1.165, 1.54) is 0 Å². The summed E-state index contributed by atoms with van der Waals surface area (Å²) in [5.41, 5.74) is 2.06. The molecule has 2 aromatic carbocycles. The van der Waals surface area contributed by atoms with Gasteiger partial charge in [0.1, 0.15) is 0 Å². The predicted octanol–water partition coefficient (Wildman–Crippen LogP) is 2.64. The average molecular weight is 418 g/mol. The standard InChI is InChI=1S/C22H31N3O5/c1-23-22(24-12-11-15-7-9-17(26-2)19(13-15)28-4)25-14-16-8-10-18(27-3)21(30-6)20(16)29-5/h7-10,13H,11-12,14H2,1-6H3,(H2,23,24,25). The fourth-order valence-electron chi connectivity index (χ4n) is 3.06. The van der Waals surface area contributed by atoms with E-state index in [1.54, 1.807) is 42.6 Å². The Morgan fingerprint density at radius 2 is 1.43 bits per heavy atom. The quantitative estimate of drug-likeness (QED) is 0.454. The van der Waals surface area contributed by atoms with Crippen LogP contribution in [0.1, 0.15) is 11.1 Å². The fourth-order valence-corrected chi connectivity index (χ4v) is 3.06. The molecule has 0 saturated carbocycles. The summed E-state index contributed by atoms with van der Waals surface area (Å²) < 4.78 is 26.9. The molecule has 0 heterocycles. The van der Waals surface area contributed by atoms with E-state index in [-0.39, 0.29) is 0 Å². The van der Waals surface area contributed by atoms with Crippen LogP contribution in [0.3, 0.4) is 0 Å². The van der Waals surface area contributed by atoms with Gasteiger partial charge in [-0.05, 0) is 36.2 Å². The molecule has 0 spiro atoms. The molecule has 8 nitrogen and oxygen atoms in total. The van der Waals surface area contributed by atoms with E-state index in [0.29, 0.717) is 36.3 Å². The number of guanidine groups is 1. The van der Waals surface area contributed by atoms with Crippen LogP contribution in [0.4, 0.5) is 0 Å². The largest absolute Gasteiger partial charge is 0.493 e. The minimum atomic E-state index is 0.513. The molecule has 164 valence electrons. The summed E-state index contributed by atoms with van der Waals surface area (Å²) in [5, 5.41) is 6.61. The van der Waals surface area contributed by atoms with Crippen molar-refractivity contribution in [3.8, 4) is 28.7 Å². The number of aliphatic imine (C=N–C) groups is 1. The van der Waals surface area contributed by atoms with Crippen molar-refractivity contribution in [3.63, 3.8) is 0 Å². The van der Waals surface area contributed by atoms with Gasteiger partial charge < -0.3 is 34.3 Å². The van der Waals surface area contributed by atoms with Crippen LogP contribution in [0.25, 0.3) is 0 Å². The van der Waals surface area contributed by atoms with Crippen molar-refractivity contribution in [2.45, 2.75) is 13.0 Å². The van der Waals surface area contributed by atoms with Gasteiger partial charge in [0.25, 0.3) is 0 Å². The van der Waals surface area contributed by atoms with Gasteiger partial charge in [-0.3, -0.25) is 4.99 Å². The van der Waals surface area contributed by atoms with E-state index < -0.39 is 0 Å². The van der Waals surface area contributed by atoms with Crippen molar-refractivity contribution < 1.29 is 23.7 Å². The summed E-state index contributed by atoms with van der Waals surface area (Å²) in [4.78, 5) is 4.28. The van der Waals surface area contributed by atoms with Crippen molar-refractivity contribution in [2.24, 2.45) is 4.99 Å². The molecule has 0 amide bonds. The summed E-state index contributed by atoms with van der Waals surface area (Å²) in [6.07, 6.45) is 0.806. The molecule has 0 atom stereocenters. The maximum Gasteiger partial charge on any atom is 0.203 e. The number of hydrogen-bond donors (Lipinski definition) is 2. The van der Waals surface area contributed by atoms with Gasteiger partial charge in [0.05, 0.1) is 35.5 Å². The van der Waals surface area contributed by atoms with Gasteiger partial charge in [-0.15, -0.1) is 0 Å². The number of nitrogens with zero attached hydrogens (tertiary/aromatic N) is 1. The van der Waals surface area contributed by atoms with Crippen LogP contribution in [-0.4, -0.2) is 55.1 Å². The van der Waals surface area contributed by atoms with Gasteiger partial charge in [0.2, 0.25) is 5.75 Å². The Kier molecular flexibility index (Phi) is 8.93. The number of nitrogens with one attached hydrogen (secondary N) is 2. The zero-order valence-corrected chi connectivity index (χ0v) is 18.5. The minimum Gasteiger partial charge on any atom is -0.493 e. The number of rotatable bonds is 10. The molecule has 0 saturated heterocycles. The molecule has 0 bridgehead atoms. The van der Waals surface area contributed by atoms with E-state index in [1.807, 2.05) is 30.3 Å². The number of hydrogen-bond acceptors (Lipinski definition) is 6. The Balaban J connectivity index is 1.96. The highest BCUT2D eigenvalue weighted by atomic mass is 16.5. The van der Waals surface area contributed by atoms with Crippen molar-refractivity contribution in [2.75, 3.05) is 49.1 Å². The lowest BCUT2D eigenvalue weighted by Gasteiger charge is -2.17. The topological polar surface area (TPSA) is 82.6 Å². The zero-order valence-electron chi connectivity index (χ0n) is 18.5. The van der Waals surface area contributed by atoms with E-state index in [0.717, 1.165) is 29.0 Å². The number of ether oxygens (including phenoxy) is 5. The van der Waals surface area contributed by atoms with Crippen LogP contribution in [0.2, 0.25) is 0 Å². The van der Waals surface area contributed by atoms with Crippen molar-refractivity contribution in [1.82, 2.24) is 10.6 Å². The summed E-state index contributed by atoms with van der Waals surface area (Å²) in [6.45, 7) is 1.22. The summed E-state index contributed by atoms with van der Waals surface area (Å²) >= 11 is 0. The number of benzene rings is 2. The lowest BCUT2D eigenvalue weighted by atomic mass is 10.1. The van der Waals surface area contributed by atoms with Gasteiger partial charge in [-0.2, -0.15) is 0 Å². The molecular formula is C22H31N3O5. The molecule has 0 aliphatic rings. The third-order valence-corrected chi connectivity index (χ3v) is 4.61. The second-order valence-electron chi connectivity index (χ2n) is 6.29. The Morgan fingerprint density at radius 3 is 2.03 bits per heavy atom. The van der Waals surface area contributed by atoms with Crippen LogP contribution in [0, 0.1) is 0 Å². The molecule has 30 heavy (non-hydrogen) atoms. The first-order valence-electron chi connectivity index (χ1n) is 9.55. The lowest BCUT2D eigenvalue weighted by Crippen LogP contribution is -2.37. The van der Waals surface area contributed by atoms with Gasteiger partial charge >= 0.3 is 0 Å². The number of methoxy groups -OCH3 is 5. The molecule has 0 radical (unpaired) electrons. The third-order valence-electron chi connectivity index (χ3n) is 4.61. The smallest absolute Gasteiger partial charge is 0.203 e. The van der Waals surface area contributed by atoms with Crippen molar-refractivity contribution >= 4 is 5.96 Å². The van der Waals surface area contributed by atoms with Crippen LogP contribution in [0.15, 0.2) is 35.3 Å². The summed E-state index contributed by atoms with van der Waals surface area (Å²) in [6, 6.07) is 9.69. The van der Waals surface area contributed by atoms with Crippen LogP contribution in [-0.2, 0) is 13.0 Å². The maximum absolute atomic E-state index is 5.53. The summed E-state index contributed by atoms with van der Waals surface area (Å²) in [5.74, 6) is 3.94. The van der Waals surface area contributed by atoms with Gasteiger partial charge in [-0.1, -0.05) is 6.07 Å².